The summed E-state index contributed by atoms with van der Waals surface area (Å²) in [5, 5.41) is 10.9. The molecule has 1 aliphatic rings. The van der Waals surface area contributed by atoms with Gasteiger partial charge in [-0.15, -0.1) is 0 Å². The first-order valence-electron chi connectivity index (χ1n) is 3.34. The first kappa shape index (κ1) is 6.05. The number of nitrogens with zero attached hydrogens (tertiary/aromatic N) is 1. The van der Waals surface area contributed by atoms with Gasteiger partial charge in [-0.2, -0.15) is 0 Å². The zero-order valence-corrected chi connectivity index (χ0v) is 5.39. The summed E-state index contributed by atoms with van der Waals surface area (Å²) in [5.74, 6) is 0. The lowest BCUT2D eigenvalue weighted by Crippen LogP contribution is -2.17. The van der Waals surface area contributed by atoms with Crippen molar-refractivity contribution in [3.8, 4) is 0 Å². The minimum atomic E-state index is 0.105. The van der Waals surface area contributed by atoms with Crippen molar-refractivity contribution in [2.75, 3.05) is 19.6 Å². The highest BCUT2D eigenvalue weighted by Gasteiger charge is 2.30. The molecule has 0 bridgehead atoms. The minimum absolute atomic E-state index is 0.105. The Balaban J connectivity index is 2.01. The van der Waals surface area contributed by atoms with Crippen molar-refractivity contribution in [2.24, 2.45) is 0 Å². The van der Waals surface area contributed by atoms with Crippen LogP contribution in [0.1, 0.15) is 19.8 Å². The molecule has 0 N–H and O–H groups in total. The Morgan fingerprint density at radius 3 is 2.50 bits per heavy atom. The Morgan fingerprint density at radius 1 is 1.50 bits per heavy atom. The van der Waals surface area contributed by atoms with Gasteiger partial charge < -0.3 is 9.85 Å². The smallest absolute Gasteiger partial charge is 0.129 e. The van der Waals surface area contributed by atoms with Crippen LogP contribution in [0.4, 0.5) is 0 Å². The van der Waals surface area contributed by atoms with Gasteiger partial charge in [0.1, 0.15) is 13.1 Å². The molecule has 0 saturated carbocycles. The molecule has 0 radical (unpaired) electrons. The molecule has 0 spiro atoms. The SMILES string of the molecule is CCCC[N+]1([O-])CC1. The Morgan fingerprint density at radius 2 is 2.12 bits per heavy atom. The molecule has 1 fully saturated rings. The summed E-state index contributed by atoms with van der Waals surface area (Å²) in [4.78, 5) is 0. The van der Waals surface area contributed by atoms with Crippen LogP contribution in [0.25, 0.3) is 0 Å². The fourth-order valence-corrected chi connectivity index (χ4v) is 0.781. The standard InChI is InChI=1S/C6H13NO/c1-2-3-4-7(8)5-6-7/h2-6H2,1H3. The van der Waals surface area contributed by atoms with Crippen molar-refractivity contribution >= 4 is 0 Å². The molecule has 0 aromatic rings. The van der Waals surface area contributed by atoms with Gasteiger partial charge in [-0.25, -0.2) is 0 Å². The van der Waals surface area contributed by atoms with Crippen LogP contribution in [-0.2, 0) is 0 Å². The van der Waals surface area contributed by atoms with E-state index in [1.165, 1.54) is 0 Å². The molecule has 8 heavy (non-hydrogen) atoms. The third kappa shape index (κ3) is 1.46. The molecule has 0 aromatic carbocycles. The zero-order valence-electron chi connectivity index (χ0n) is 5.39. The molecule has 0 aromatic heterocycles. The molecule has 2 nitrogen and oxygen atoms in total. The first-order valence-corrected chi connectivity index (χ1v) is 3.34. The first-order chi connectivity index (χ1) is 3.77. The number of hydrogen-bond donors (Lipinski definition) is 0. The Hall–Kier alpha value is -0.0800. The fraction of sp³-hybridized carbons (Fsp3) is 1.00. The minimum Gasteiger partial charge on any atom is -0.632 e. The lowest BCUT2D eigenvalue weighted by molar-refractivity contribution is -0.744. The van der Waals surface area contributed by atoms with E-state index in [-0.39, 0.29) is 4.65 Å². The molecule has 0 atom stereocenters. The summed E-state index contributed by atoms with van der Waals surface area (Å²) >= 11 is 0. The van der Waals surface area contributed by atoms with E-state index in [0.717, 1.165) is 32.5 Å². The summed E-state index contributed by atoms with van der Waals surface area (Å²) < 4.78 is 0.105. The molecule has 0 aliphatic carbocycles. The van der Waals surface area contributed by atoms with Crippen molar-refractivity contribution in [1.29, 1.82) is 0 Å². The van der Waals surface area contributed by atoms with Gasteiger partial charge in [0.25, 0.3) is 0 Å². The number of hydroxylamine groups is 3. The van der Waals surface area contributed by atoms with Crippen LogP contribution in [0.3, 0.4) is 0 Å². The van der Waals surface area contributed by atoms with Gasteiger partial charge in [-0.1, -0.05) is 13.3 Å². The molecule has 2 heteroatoms. The summed E-state index contributed by atoms with van der Waals surface area (Å²) in [6.45, 7) is 4.73. The van der Waals surface area contributed by atoms with Crippen molar-refractivity contribution in [2.45, 2.75) is 19.8 Å². The average molecular weight is 115 g/mol. The summed E-state index contributed by atoms with van der Waals surface area (Å²) in [6, 6.07) is 0. The monoisotopic (exact) mass is 115 g/mol. The third-order valence-electron chi connectivity index (χ3n) is 1.64. The fourth-order valence-electron chi connectivity index (χ4n) is 0.781. The van der Waals surface area contributed by atoms with Crippen molar-refractivity contribution in [1.82, 2.24) is 0 Å². The maximum Gasteiger partial charge on any atom is 0.129 e. The van der Waals surface area contributed by atoms with E-state index in [2.05, 4.69) is 6.92 Å². The maximum atomic E-state index is 10.9. The largest absolute Gasteiger partial charge is 0.632 e. The van der Waals surface area contributed by atoms with E-state index in [4.69, 9.17) is 0 Å². The quantitative estimate of drug-likeness (QED) is 0.307. The van der Waals surface area contributed by atoms with Crippen molar-refractivity contribution < 1.29 is 4.65 Å². The highest BCUT2D eigenvalue weighted by atomic mass is 16.6. The molecule has 1 aliphatic heterocycles. The molecule has 0 amide bonds. The average Bonchev–Trinajstić information content (AvgIpc) is 2.45. The van der Waals surface area contributed by atoms with Gasteiger partial charge in [0.15, 0.2) is 0 Å². The molecule has 1 rings (SSSR count). The number of rotatable bonds is 3. The van der Waals surface area contributed by atoms with Crippen LogP contribution in [0, 0.1) is 5.21 Å². The van der Waals surface area contributed by atoms with E-state index >= 15 is 0 Å². The van der Waals surface area contributed by atoms with Crippen molar-refractivity contribution in [3.05, 3.63) is 5.21 Å². The topological polar surface area (TPSA) is 23.1 Å². The van der Waals surface area contributed by atoms with Crippen LogP contribution in [0.15, 0.2) is 0 Å². The van der Waals surface area contributed by atoms with Gasteiger partial charge in [0.2, 0.25) is 0 Å². The van der Waals surface area contributed by atoms with Crippen LogP contribution in [0.5, 0.6) is 0 Å². The second-order valence-corrected chi connectivity index (χ2v) is 2.58. The van der Waals surface area contributed by atoms with Gasteiger partial charge in [0, 0.05) is 0 Å². The van der Waals surface area contributed by atoms with E-state index in [1.807, 2.05) is 0 Å². The lowest BCUT2D eigenvalue weighted by atomic mass is 10.3. The van der Waals surface area contributed by atoms with Crippen LogP contribution in [0.2, 0.25) is 0 Å². The van der Waals surface area contributed by atoms with E-state index in [0.29, 0.717) is 0 Å². The Kier molecular flexibility index (Phi) is 1.54. The highest BCUT2D eigenvalue weighted by molar-refractivity contribution is 4.55. The normalized spacial score (nSPS) is 23.2. The van der Waals surface area contributed by atoms with Gasteiger partial charge >= 0.3 is 0 Å². The van der Waals surface area contributed by atoms with Crippen LogP contribution < -0.4 is 0 Å². The summed E-state index contributed by atoms with van der Waals surface area (Å²) in [5.41, 5.74) is 0. The van der Waals surface area contributed by atoms with Gasteiger partial charge in [0.05, 0.1) is 6.54 Å². The molecule has 0 unspecified atom stereocenters. The number of hydrogen-bond acceptors (Lipinski definition) is 1. The second-order valence-electron chi connectivity index (χ2n) is 2.58. The Bertz CT molecular complexity index is 78.6. The number of unbranched alkanes of at least 4 members (excludes halogenated alkanes) is 1. The maximum absolute atomic E-state index is 10.9. The highest BCUT2D eigenvalue weighted by Crippen LogP contribution is 2.18. The molecular formula is C6H13NO. The number of quaternary nitrogens is 1. The van der Waals surface area contributed by atoms with Gasteiger partial charge in [-0.05, 0) is 6.42 Å². The lowest BCUT2D eigenvalue weighted by Gasteiger charge is -2.20. The van der Waals surface area contributed by atoms with E-state index in [1.54, 1.807) is 0 Å². The zero-order chi connectivity index (χ0) is 6.04. The van der Waals surface area contributed by atoms with Crippen LogP contribution in [-0.4, -0.2) is 24.3 Å². The Labute approximate surface area is 50.3 Å². The van der Waals surface area contributed by atoms with E-state index < -0.39 is 0 Å². The predicted molar refractivity (Wildman–Crippen MR) is 33.1 cm³/mol. The van der Waals surface area contributed by atoms with Crippen LogP contribution >= 0.6 is 0 Å². The second kappa shape index (κ2) is 2.03. The van der Waals surface area contributed by atoms with Crippen molar-refractivity contribution in [3.63, 3.8) is 0 Å². The molecular weight excluding hydrogens is 102 g/mol. The molecule has 1 saturated heterocycles. The molecule has 1 heterocycles. The van der Waals surface area contributed by atoms with E-state index in [9.17, 15) is 5.21 Å². The third-order valence-corrected chi connectivity index (χ3v) is 1.64. The summed E-state index contributed by atoms with van der Waals surface area (Å²) in [6.07, 6.45) is 2.26. The predicted octanol–water partition coefficient (Wildman–Crippen LogP) is 1.11. The van der Waals surface area contributed by atoms with Gasteiger partial charge in [-0.3, -0.25) is 0 Å². The molecule has 48 valence electrons. The summed E-state index contributed by atoms with van der Waals surface area (Å²) in [7, 11) is 0.